The maximum atomic E-state index is 12.3. The number of nitrogens with zero attached hydrogens (tertiary/aromatic N) is 2. The van der Waals surface area contributed by atoms with Gasteiger partial charge in [-0.3, -0.25) is 10.2 Å². The predicted molar refractivity (Wildman–Crippen MR) is 106 cm³/mol. The van der Waals surface area contributed by atoms with Crippen LogP contribution in [0.25, 0.3) is 0 Å². The van der Waals surface area contributed by atoms with Crippen molar-refractivity contribution in [3.63, 3.8) is 0 Å². The van der Waals surface area contributed by atoms with Crippen LogP contribution in [0.5, 0.6) is 11.5 Å². The van der Waals surface area contributed by atoms with Crippen LogP contribution in [0.4, 0.5) is 9.80 Å². The van der Waals surface area contributed by atoms with E-state index in [1.165, 1.54) is 11.3 Å². The second-order valence-corrected chi connectivity index (χ2v) is 7.73. The summed E-state index contributed by atoms with van der Waals surface area (Å²) in [6.45, 7) is 4.75. The Morgan fingerprint density at radius 3 is 2.78 bits per heavy atom. The number of thiophene rings is 1. The van der Waals surface area contributed by atoms with Crippen LogP contribution in [0.15, 0.2) is 35.7 Å². The monoisotopic (exact) mass is 388 g/mol. The maximum Gasteiger partial charge on any atom is 0.319 e. The number of rotatable bonds is 5. The summed E-state index contributed by atoms with van der Waals surface area (Å²) in [7, 11) is 2.14. The van der Waals surface area contributed by atoms with E-state index in [9.17, 15) is 4.79 Å². The molecule has 2 amide bonds. The average Bonchev–Trinajstić information content (AvgIpc) is 3.34. The van der Waals surface area contributed by atoms with Gasteiger partial charge in [-0.25, -0.2) is 4.79 Å². The first-order chi connectivity index (χ1) is 13.2. The van der Waals surface area contributed by atoms with Gasteiger partial charge in [-0.15, -0.1) is 11.3 Å². The van der Waals surface area contributed by atoms with Crippen molar-refractivity contribution >= 4 is 22.4 Å². The van der Waals surface area contributed by atoms with Gasteiger partial charge in [0.1, 0.15) is 0 Å². The van der Waals surface area contributed by atoms with E-state index in [-0.39, 0.29) is 18.9 Å². The van der Waals surface area contributed by atoms with Gasteiger partial charge in [-0.2, -0.15) is 0 Å². The molecule has 1 aromatic heterocycles. The smallest absolute Gasteiger partial charge is 0.319 e. The first kappa shape index (κ1) is 18.1. The number of benzene rings is 1. The Hall–Kier alpha value is -2.29. The van der Waals surface area contributed by atoms with E-state index in [0.29, 0.717) is 6.54 Å². The summed E-state index contributed by atoms with van der Waals surface area (Å²) in [6, 6.07) is 9.76. The lowest BCUT2D eigenvalue weighted by atomic mass is 10.0. The number of fused-ring (bicyclic) bond motifs is 1. The van der Waals surface area contributed by atoms with Crippen molar-refractivity contribution in [1.82, 2.24) is 15.1 Å². The minimum Gasteiger partial charge on any atom is -0.454 e. The van der Waals surface area contributed by atoms with Crippen molar-refractivity contribution in [3.8, 4) is 11.5 Å². The van der Waals surface area contributed by atoms with Crippen molar-refractivity contribution in [2.75, 3.05) is 51.9 Å². The van der Waals surface area contributed by atoms with Gasteiger partial charge in [0.05, 0.1) is 11.0 Å². The summed E-state index contributed by atoms with van der Waals surface area (Å²) in [4.78, 5) is 17.0. The lowest BCUT2D eigenvalue weighted by Crippen LogP contribution is -2.48. The van der Waals surface area contributed by atoms with Gasteiger partial charge in [-0.1, -0.05) is 6.07 Å². The van der Waals surface area contributed by atoms with Gasteiger partial charge in [0.2, 0.25) is 6.79 Å². The zero-order chi connectivity index (χ0) is 18.6. The van der Waals surface area contributed by atoms with Crippen molar-refractivity contribution in [3.05, 3.63) is 41.3 Å². The highest BCUT2D eigenvalue weighted by Gasteiger charge is 2.26. The van der Waals surface area contributed by atoms with Gasteiger partial charge in [0.25, 0.3) is 0 Å². The average molecular weight is 388 g/mol. The molecule has 1 fully saturated rings. The molecule has 0 saturated carbocycles. The maximum absolute atomic E-state index is 12.3. The highest BCUT2D eigenvalue weighted by molar-refractivity contribution is 7.14. The minimum atomic E-state index is -0.183. The first-order valence-electron chi connectivity index (χ1n) is 9.09. The molecule has 4 rings (SSSR count). The molecule has 0 bridgehead atoms. The number of piperazine rings is 1. The Bertz CT molecular complexity index is 775. The van der Waals surface area contributed by atoms with Crippen LogP contribution < -0.4 is 20.1 Å². The normalized spacial score (nSPS) is 18.3. The van der Waals surface area contributed by atoms with E-state index in [4.69, 9.17) is 9.47 Å². The fourth-order valence-corrected chi connectivity index (χ4v) is 4.02. The number of carbonyl (C=O) groups excluding carboxylic acids is 1. The number of carbonyl (C=O) groups is 1. The summed E-state index contributed by atoms with van der Waals surface area (Å²) in [6.07, 6.45) is 0. The number of likely N-dealkylation sites (N-methyl/N-ethyl adjacent to an activating group) is 1. The van der Waals surface area contributed by atoms with Crippen molar-refractivity contribution in [1.29, 1.82) is 0 Å². The Labute approximate surface area is 162 Å². The number of hydrogen-bond acceptors (Lipinski definition) is 6. The zero-order valence-corrected chi connectivity index (χ0v) is 16.1. The van der Waals surface area contributed by atoms with Crippen LogP contribution in [0.2, 0.25) is 0 Å². The fourth-order valence-electron chi connectivity index (χ4n) is 3.41. The molecule has 7 nitrogen and oxygen atoms in total. The van der Waals surface area contributed by atoms with Gasteiger partial charge >= 0.3 is 6.03 Å². The molecule has 1 atom stereocenters. The summed E-state index contributed by atoms with van der Waals surface area (Å²) >= 11 is 1.51. The summed E-state index contributed by atoms with van der Waals surface area (Å²) in [5.74, 6) is 1.55. The molecule has 1 aromatic carbocycles. The predicted octanol–water partition coefficient (Wildman–Crippen LogP) is 2.59. The standard InChI is InChI=1S/C19H24N4O3S/c1-22-6-8-23(9-7-22)15(12-20-19(24)21-18-3-2-10-27-18)14-4-5-16-17(11-14)26-13-25-16/h2-5,10-11,15H,6-9,12-13H2,1H3,(H2,20,21,24)/t15-/m1/s1. The second-order valence-electron chi connectivity index (χ2n) is 6.78. The molecule has 2 aliphatic heterocycles. The van der Waals surface area contributed by atoms with Crippen molar-refractivity contribution < 1.29 is 14.3 Å². The highest BCUT2D eigenvalue weighted by atomic mass is 32.1. The Morgan fingerprint density at radius 1 is 1.19 bits per heavy atom. The molecule has 1 saturated heterocycles. The molecule has 0 spiro atoms. The highest BCUT2D eigenvalue weighted by Crippen LogP contribution is 2.35. The van der Waals surface area contributed by atoms with Crippen LogP contribution in [0.1, 0.15) is 11.6 Å². The summed E-state index contributed by atoms with van der Waals surface area (Å²) in [5, 5.41) is 8.68. The molecule has 144 valence electrons. The molecule has 8 heteroatoms. The van der Waals surface area contributed by atoms with Crippen LogP contribution in [0, 0.1) is 0 Å². The summed E-state index contributed by atoms with van der Waals surface area (Å²) < 4.78 is 11.0. The number of anilines is 1. The van der Waals surface area contributed by atoms with E-state index in [2.05, 4.69) is 33.5 Å². The van der Waals surface area contributed by atoms with E-state index >= 15 is 0 Å². The largest absolute Gasteiger partial charge is 0.454 e. The van der Waals surface area contributed by atoms with E-state index < -0.39 is 0 Å². The molecule has 2 aromatic rings. The van der Waals surface area contributed by atoms with Gasteiger partial charge in [-0.05, 0) is 42.3 Å². The topological polar surface area (TPSA) is 66.1 Å². The molecule has 2 aliphatic rings. The molecule has 2 N–H and O–H groups in total. The third kappa shape index (κ3) is 4.35. The Balaban J connectivity index is 1.46. The van der Waals surface area contributed by atoms with Gasteiger partial charge in [0.15, 0.2) is 11.5 Å². The van der Waals surface area contributed by atoms with Crippen LogP contribution in [-0.2, 0) is 0 Å². The molecular formula is C19H24N4O3S. The number of hydrogen-bond donors (Lipinski definition) is 2. The number of urea groups is 1. The molecule has 0 aliphatic carbocycles. The molecular weight excluding hydrogens is 364 g/mol. The molecule has 0 unspecified atom stereocenters. The third-order valence-electron chi connectivity index (χ3n) is 4.97. The Morgan fingerprint density at radius 2 is 2.00 bits per heavy atom. The SMILES string of the molecule is CN1CCN([C@H](CNC(=O)Nc2cccs2)c2ccc3c(c2)OCO3)CC1. The number of amides is 2. The molecule has 27 heavy (non-hydrogen) atoms. The Kier molecular flexibility index (Phi) is 5.47. The fraction of sp³-hybridized carbons (Fsp3) is 0.421. The number of ether oxygens (including phenoxy) is 2. The van der Waals surface area contributed by atoms with Gasteiger partial charge in [0, 0.05) is 32.7 Å². The lowest BCUT2D eigenvalue weighted by molar-refractivity contribution is 0.111. The molecule has 0 radical (unpaired) electrons. The lowest BCUT2D eigenvalue weighted by Gasteiger charge is -2.38. The summed E-state index contributed by atoms with van der Waals surface area (Å²) in [5.41, 5.74) is 1.13. The quantitative estimate of drug-likeness (QED) is 0.824. The van der Waals surface area contributed by atoms with Crippen LogP contribution in [0.3, 0.4) is 0 Å². The second kappa shape index (κ2) is 8.16. The van der Waals surface area contributed by atoms with E-state index in [0.717, 1.165) is 48.2 Å². The number of nitrogens with one attached hydrogen (secondary N) is 2. The van der Waals surface area contributed by atoms with E-state index in [1.54, 1.807) is 0 Å². The first-order valence-corrected chi connectivity index (χ1v) is 9.97. The zero-order valence-electron chi connectivity index (χ0n) is 15.3. The van der Waals surface area contributed by atoms with Crippen molar-refractivity contribution in [2.24, 2.45) is 0 Å². The van der Waals surface area contributed by atoms with Crippen LogP contribution in [-0.4, -0.2) is 62.4 Å². The van der Waals surface area contributed by atoms with Crippen LogP contribution >= 0.6 is 11.3 Å². The van der Waals surface area contributed by atoms with Gasteiger partial charge < -0.3 is 19.7 Å². The van der Waals surface area contributed by atoms with E-state index in [1.807, 2.05) is 29.6 Å². The third-order valence-corrected chi connectivity index (χ3v) is 5.76. The molecule has 3 heterocycles. The minimum absolute atomic E-state index is 0.0854. The van der Waals surface area contributed by atoms with Crippen molar-refractivity contribution in [2.45, 2.75) is 6.04 Å².